The van der Waals surface area contributed by atoms with Crippen LogP contribution in [-0.2, 0) is 16.1 Å². The van der Waals surface area contributed by atoms with Gasteiger partial charge in [0.2, 0.25) is 0 Å². The molecule has 0 radical (unpaired) electrons. The van der Waals surface area contributed by atoms with E-state index in [0.29, 0.717) is 21.9 Å². The van der Waals surface area contributed by atoms with Crippen LogP contribution in [0.5, 0.6) is 5.75 Å². The molecule has 3 aromatic carbocycles. The minimum absolute atomic E-state index is 0.243. The second-order valence-corrected chi connectivity index (χ2v) is 6.77. The maximum Gasteiger partial charge on any atom is 0.343 e. The molecule has 2 N–H and O–H groups in total. The van der Waals surface area contributed by atoms with Crippen LogP contribution in [0.1, 0.15) is 21.5 Å². The monoisotopic (exact) mass is 435 g/mol. The molecule has 0 saturated carbocycles. The fraction of sp³-hybridized carbons (Fsp3) is 0.0435. The first kappa shape index (κ1) is 21.7. The number of benzene rings is 3. The molecule has 0 aliphatic heterocycles. The van der Waals surface area contributed by atoms with Crippen LogP contribution in [0.4, 0.5) is 0 Å². The van der Waals surface area contributed by atoms with Crippen molar-refractivity contribution in [2.75, 3.05) is 0 Å². The van der Waals surface area contributed by atoms with E-state index in [1.54, 1.807) is 48.5 Å². The highest BCUT2D eigenvalue weighted by atomic mass is 35.5. The van der Waals surface area contributed by atoms with Crippen LogP contribution in [0.2, 0.25) is 5.02 Å². The van der Waals surface area contributed by atoms with Gasteiger partial charge in [0.1, 0.15) is 5.75 Å². The summed E-state index contributed by atoms with van der Waals surface area (Å²) in [5.74, 6) is -1.82. The summed E-state index contributed by atoms with van der Waals surface area (Å²) in [4.78, 5) is 35.7. The van der Waals surface area contributed by atoms with Gasteiger partial charge >= 0.3 is 17.8 Å². The smallest absolute Gasteiger partial charge is 0.343 e. The van der Waals surface area contributed by atoms with E-state index < -0.39 is 17.8 Å². The summed E-state index contributed by atoms with van der Waals surface area (Å²) in [6.07, 6.45) is 1.37. The average molecular weight is 436 g/mol. The van der Waals surface area contributed by atoms with E-state index in [4.69, 9.17) is 16.3 Å². The summed E-state index contributed by atoms with van der Waals surface area (Å²) in [6, 6.07) is 22.1. The molecule has 0 heterocycles. The van der Waals surface area contributed by atoms with E-state index in [1.807, 2.05) is 30.3 Å². The van der Waals surface area contributed by atoms with Crippen molar-refractivity contribution in [1.29, 1.82) is 0 Å². The second-order valence-electron chi connectivity index (χ2n) is 6.33. The zero-order valence-corrected chi connectivity index (χ0v) is 17.0. The average Bonchev–Trinajstić information content (AvgIpc) is 2.79. The van der Waals surface area contributed by atoms with Gasteiger partial charge in [-0.05, 0) is 59.7 Å². The molecule has 7 nitrogen and oxygen atoms in total. The van der Waals surface area contributed by atoms with Gasteiger partial charge in [0.25, 0.3) is 0 Å². The van der Waals surface area contributed by atoms with E-state index in [9.17, 15) is 14.4 Å². The highest BCUT2D eigenvalue weighted by molar-refractivity contribution is 6.35. The number of hydrogen-bond donors (Lipinski definition) is 2. The number of carbonyl (C=O) groups is 3. The number of esters is 1. The van der Waals surface area contributed by atoms with Crippen molar-refractivity contribution in [3.05, 3.63) is 101 Å². The number of hydrogen-bond acceptors (Lipinski definition) is 5. The summed E-state index contributed by atoms with van der Waals surface area (Å²) < 4.78 is 5.28. The Morgan fingerprint density at radius 1 is 0.871 bits per heavy atom. The molecule has 0 spiro atoms. The van der Waals surface area contributed by atoms with Gasteiger partial charge < -0.3 is 10.1 Å². The minimum Gasteiger partial charge on any atom is -0.423 e. The molecule has 0 atom stereocenters. The van der Waals surface area contributed by atoms with Crippen LogP contribution in [0.3, 0.4) is 0 Å². The predicted octanol–water partition coefficient (Wildman–Crippen LogP) is 3.33. The molecule has 8 heteroatoms. The Balaban J connectivity index is 1.46. The molecule has 0 aliphatic carbocycles. The van der Waals surface area contributed by atoms with Crippen molar-refractivity contribution in [1.82, 2.24) is 10.7 Å². The first-order chi connectivity index (χ1) is 15.0. The van der Waals surface area contributed by atoms with Crippen molar-refractivity contribution in [3.63, 3.8) is 0 Å². The van der Waals surface area contributed by atoms with Crippen molar-refractivity contribution in [3.8, 4) is 5.75 Å². The number of rotatable bonds is 6. The largest absolute Gasteiger partial charge is 0.423 e. The zero-order chi connectivity index (χ0) is 22.1. The molecule has 156 valence electrons. The maximum absolute atomic E-state index is 12.1. The van der Waals surface area contributed by atoms with Crippen LogP contribution in [-0.4, -0.2) is 24.0 Å². The molecule has 0 fully saturated rings. The van der Waals surface area contributed by atoms with Gasteiger partial charge in [0, 0.05) is 11.6 Å². The number of hydrazone groups is 1. The van der Waals surface area contributed by atoms with Crippen LogP contribution < -0.4 is 15.5 Å². The summed E-state index contributed by atoms with van der Waals surface area (Å²) in [5, 5.41) is 6.80. The van der Waals surface area contributed by atoms with E-state index >= 15 is 0 Å². The van der Waals surface area contributed by atoms with E-state index in [-0.39, 0.29) is 6.54 Å². The van der Waals surface area contributed by atoms with Gasteiger partial charge in [0.15, 0.2) is 0 Å². The minimum atomic E-state index is -0.874. The molecular weight excluding hydrogens is 418 g/mol. The number of amides is 2. The fourth-order valence-electron chi connectivity index (χ4n) is 2.45. The van der Waals surface area contributed by atoms with E-state index in [1.165, 1.54) is 6.21 Å². The Labute approximate surface area is 183 Å². The lowest BCUT2D eigenvalue weighted by atomic mass is 10.2. The number of nitrogens with zero attached hydrogens (tertiary/aromatic N) is 1. The SMILES string of the molecule is O=C(NCc1ccccc1)C(=O)N/N=C/c1ccc(OC(=O)c2ccc(Cl)cc2)cc1. The van der Waals surface area contributed by atoms with Crippen LogP contribution in [0.25, 0.3) is 0 Å². The fourth-order valence-corrected chi connectivity index (χ4v) is 2.57. The Hall–Kier alpha value is -3.97. The summed E-state index contributed by atoms with van der Waals surface area (Å²) in [7, 11) is 0. The third-order valence-corrected chi connectivity index (χ3v) is 4.30. The Morgan fingerprint density at radius 2 is 1.55 bits per heavy atom. The number of ether oxygens (including phenoxy) is 1. The normalized spacial score (nSPS) is 10.5. The van der Waals surface area contributed by atoms with Gasteiger partial charge in [0.05, 0.1) is 11.8 Å². The molecule has 3 aromatic rings. The highest BCUT2D eigenvalue weighted by Crippen LogP contribution is 2.15. The van der Waals surface area contributed by atoms with Gasteiger partial charge in [-0.15, -0.1) is 0 Å². The Bertz CT molecular complexity index is 1080. The Kier molecular flexibility index (Phi) is 7.50. The first-order valence-corrected chi connectivity index (χ1v) is 9.62. The third-order valence-electron chi connectivity index (χ3n) is 4.05. The van der Waals surface area contributed by atoms with Crippen molar-refractivity contribution in [2.24, 2.45) is 5.10 Å². The number of halogens is 1. The van der Waals surface area contributed by atoms with Gasteiger partial charge in [-0.1, -0.05) is 41.9 Å². The molecule has 2 amide bonds. The topological polar surface area (TPSA) is 96.9 Å². The van der Waals surface area contributed by atoms with Gasteiger partial charge in [-0.3, -0.25) is 9.59 Å². The molecule has 0 unspecified atom stereocenters. The summed E-state index contributed by atoms with van der Waals surface area (Å²) in [5.41, 5.74) is 4.05. The van der Waals surface area contributed by atoms with Crippen LogP contribution >= 0.6 is 11.6 Å². The molecule has 3 rings (SSSR count). The van der Waals surface area contributed by atoms with Gasteiger partial charge in [-0.2, -0.15) is 5.10 Å². The quantitative estimate of drug-likeness (QED) is 0.204. The molecule has 0 saturated heterocycles. The second kappa shape index (κ2) is 10.7. The summed E-state index contributed by atoms with van der Waals surface area (Å²) >= 11 is 5.80. The number of nitrogens with one attached hydrogen (secondary N) is 2. The zero-order valence-electron chi connectivity index (χ0n) is 16.2. The molecule has 0 aromatic heterocycles. The highest BCUT2D eigenvalue weighted by Gasteiger charge is 2.12. The van der Waals surface area contributed by atoms with Crippen molar-refractivity contribution >= 4 is 35.6 Å². The Morgan fingerprint density at radius 3 is 2.23 bits per heavy atom. The standard InChI is InChI=1S/C23H18ClN3O4/c24-19-10-8-18(9-11-19)23(30)31-20-12-6-17(7-13-20)15-26-27-22(29)21(28)25-14-16-4-2-1-3-5-16/h1-13,15H,14H2,(H,25,28)(H,27,29)/b26-15+. The predicted molar refractivity (Wildman–Crippen MR) is 117 cm³/mol. The summed E-state index contributed by atoms with van der Waals surface area (Å²) in [6.45, 7) is 0.243. The lowest BCUT2D eigenvalue weighted by molar-refractivity contribution is -0.139. The molecule has 0 aliphatic rings. The molecule has 31 heavy (non-hydrogen) atoms. The van der Waals surface area contributed by atoms with E-state index in [0.717, 1.165) is 5.56 Å². The van der Waals surface area contributed by atoms with Gasteiger partial charge in [-0.25, -0.2) is 10.2 Å². The molecule has 0 bridgehead atoms. The van der Waals surface area contributed by atoms with Crippen LogP contribution in [0, 0.1) is 0 Å². The molecular formula is C23H18ClN3O4. The number of carbonyl (C=O) groups excluding carboxylic acids is 3. The van der Waals surface area contributed by atoms with Crippen molar-refractivity contribution < 1.29 is 19.1 Å². The third kappa shape index (κ3) is 6.80. The lowest BCUT2D eigenvalue weighted by Crippen LogP contribution is -2.37. The maximum atomic E-state index is 12.1. The van der Waals surface area contributed by atoms with Crippen LogP contribution in [0.15, 0.2) is 84.0 Å². The first-order valence-electron chi connectivity index (χ1n) is 9.24. The van der Waals surface area contributed by atoms with Crippen molar-refractivity contribution in [2.45, 2.75) is 6.54 Å². The lowest BCUT2D eigenvalue weighted by Gasteiger charge is -2.05. The van der Waals surface area contributed by atoms with E-state index in [2.05, 4.69) is 15.8 Å².